The predicted octanol–water partition coefficient (Wildman–Crippen LogP) is 2.66. The number of pyridine rings is 1. The van der Waals surface area contributed by atoms with Crippen LogP contribution in [0.5, 0.6) is 5.88 Å². The molecule has 1 aromatic heterocycles. The van der Waals surface area contributed by atoms with Crippen LogP contribution >= 0.6 is 0 Å². The van der Waals surface area contributed by atoms with E-state index in [4.69, 9.17) is 10.5 Å². The molecule has 2 rings (SSSR count). The number of ether oxygens (including phenoxy) is 1. The third-order valence-electron chi connectivity index (χ3n) is 3.22. The van der Waals surface area contributed by atoms with Crippen molar-refractivity contribution in [3.63, 3.8) is 0 Å². The fourth-order valence-corrected chi connectivity index (χ4v) is 2.33. The molecule has 2 atom stereocenters. The Morgan fingerprint density at radius 3 is 2.94 bits per heavy atom. The molecule has 2 unspecified atom stereocenters. The van der Waals surface area contributed by atoms with Crippen molar-refractivity contribution in [2.45, 2.75) is 39.2 Å². The number of anilines is 2. The number of rotatable bonds is 4. The summed E-state index contributed by atoms with van der Waals surface area (Å²) in [5.74, 6) is 2.21. The maximum atomic E-state index is 5.79. The molecule has 94 valence electrons. The summed E-state index contributed by atoms with van der Waals surface area (Å²) in [4.78, 5) is 4.39. The predicted molar refractivity (Wildman–Crippen MR) is 70.2 cm³/mol. The van der Waals surface area contributed by atoms with Gasteiger partial charge in [0.25, 0.3) is 0 Å². The third kappa shape index (κ3) is 3.02. The molecular formula is C13H21N3O. The Bertz CT molecular complexity index is 381. The van der Waals surface area contributed by atoms with Crippen LogP contribution in [0.15, 0.2) is 12.1 Å². The van der Waals surface area contributed by atoms with Crippen LogP contribution in [0.2, 0.25) is 0 Å². The van der Waals surface area contributed by atoms with E-state index in [9.17, 15) is 0 Å². The molecule has 0 saturated heterocycles. The summed E-state index contributed by atoms with van der Waals surface area (Å²) in [6.07, 6.45) is 3.73. The molecule has 4 nitrogen and oxygen atoms in total. The van der Waals surface area contributed by atoms with Crippen LogP contribution < -0.4 is 15.8 Å². The van der Waals surface area contributed by atoms with Gasteiger partial charge in [0, 0.05) is 6.04 Å². The fourth-order valence-electron chi connectivity index (χ4n) is 2.33. The number of nitrogens with two attached hydrogens (primary N) is 1. The van der Waals surface area contributed by atoms with E-state index in [1.807, 2.05) is 19.1 Å². The molecule has 0 aromatic carbocycles. The Kier molecular flexibility index (Phi) is 3.71. The SMILES string of the molecule is CCOc1nc(NC2CCC(C)C2)ccc1N. The number of nitrogen functional groups attached to an aromatic ring is 1. The average molecular weight is 235 g/mol. The topological polar surface area (TPSA) is 60.2 Å². The lowest BCUT2D eigenvalue weighted by Crippen LogP contribution is -2.16. The van der Waals surface area contributed by atoms with Crippen molar-refractivity contribution in [3.8, 4) is 5.88 Å². The highest BCUT2D eigenvalue weighted by atomic mass is 16.5. The second kappa shape index (κ2) is 5.25. The molecule has 1 aromatic rings. The summed E-state index contributed by atoms with van der Waals surface area (Å²) in [5, 5.41) is 3.45. The van der Waals surface area contributed by atoms with Gasteiger partial charge in [-0.1, -0.05) is 6.92 Å². The molecule has 0 spiro atoms. The molecule has 0 amide bonds. The second-order valence-electron chi connectivity index (χ2n) is 4.78. The van der Waals surface area contributed by atoms with E-state index in [0.717, 1.165) is 11.7 Å². The van der Waals surface area contributed by atoms with Crippen LogP contribution in [-0.4, -0.2) is 17.6 Å². The molecular weight excluding hydrogens is 214 g/mol. The van der Waals surface area contributed by atoms with Gasteiger partial charge >= 0.3 is 0 Å². The van der Waals surface area contributed by atoms with Crippen molar-refractivity contribution in [3.05, 3.63) is 12.1 Å². The maximum Gasteiger partial charge on any atom is 0.239 e. The molecule has 0 bridgehead atoms. The van der Waals surface area contributed by atoms with Crippen molar-refractivity contribution in [1.29, 1.82) is 0 Å². The molecule has 1 aliphatic rings. The van der Waals surface area contributed by atoms with Crippen LogP contribution in [0, 0.1) is 5.92 Å². The molecule has 1 heterocycles. The van der Waals surface area contributed by atoms with Gasteiger partial charge in [0.2, 0.25) is 5.88 Å². The molecule has 1 aliphatic carbocycles. The smallest absolute Gasteiger partial charge is 0.239 e. The number of hydrogen-bond donors (Lipinski definition) is 2. The Balaban J connectivity index is 2.03. The van der Waals surface area contributed by atoms with Gasteiger partial charge in [-0.3, -0.25) is 0 Å². The van der Waals surface area contributed by atoms with E-state index in [1.165, 1.54) is 19.3 Å². The normalized spacial score (nSPS) is 23.6. The zero-order chi connectivity index (χ0) is 12.3. The van der Waals surface area contributed by atoms with E-state index in [2.05, 4.69) is 17.2 Å². The van der Waals surface area contributed by atoms with Crippen LogP contribution in [0.1, 0.15) is 33.1 Å². The average Bonchev–Trinajstić information content (AvgIpc) is 2.69. The van der Waals surface area contributed by atoms with E-state index in [0.29, 0.717) is 24.2 Å². The first kappa shape index (κ1) is 12.0. The maximum absolute atomic E-state index is 5.79. The summed E-state index contributed by atoms with van der Waals surface area (Å²) in [6.45, 7) is 4.81. The standard InChI is InChI=1S/C13H21N3O/c1-3-17-13-11(14)6-7-12(16-13)15-10-5-4-9(2)8-10/h6-7,9-10H,3-5,8,14H2,1-2H3,(H,15,16). The van der Waals surface area contributed by atoms with Crippen LogP contribution in [0.3, 0.4) is 0 Å². The zero-order valence-corrected chi connectivity index (χ0v) is 10.6. The van der Waals surface area contributed by atoms with Gasteiger partial charge in [-0.25, -0.2) is 0 Å². The monoisotopic (exact) mass is 235 g/mol. The summed E-state index contributed by atoms with van der Waals surface area (Å²) >= 11 is 0. The Hall–Kier alpha value is -1.45. The van der Waals surface area contributed by atoms with E-state index < -0.39 is 0 Å². The molecule has 3 N–H and O–H groups in total. The minimum atomic E-state index is 0.531. The van der Waals surface area contributed by atoms with E-state index in [1.54, 1.807) is 0 Å². The first-order chi connectivity index (χ1) is 8.19. The lowest BCUT2D eigenvalue weighted by molar-refractivity contribution is 0.329. The van der Waals surface area contributed by atoms with Crippen molar-refractivity contribution in [1.82, 2.24) is 4.98 Å². The minimum absolute atomic E-state index is 0.531. The Morgan fingerprint density at radius 1 is 1.47 bits per heavy atom. The molecule has 0 aliphatic heterocycles. The van der Waals surface area contributed by atoms with Crippen molar-refractivity contribution >= 4 is 11.5 Å². The van der Waals surface area contributed by atoms with Gasteiger partial charge < -0.3 is 15.8 Å². The zero-order valence-electron chi connectivity index (χ0n) is 10.6. The second-order valence-corrected chi connectivity index (χ2v) is 4.78. The lowest BCUT2D eigenvalue weighted by Gasteiger charge is -2.14. The van der Waals surface area contributed by atoms with Gasteiger partial charge in [-0.2, -0.15) is 4.98 Å². The molecule has 17 heavy (non-hydrogen) atoms. The molecule has 4 heteroatoms. The van der Waals surface area contributed by atoms with Gasteiger partial charge in [-0.15, -0.1) is 0 Å². The van der Waals surface area contributed by atoms with Gasteiger partial charge in [0.15, 0.2) is 0 Å². The molecule has 1 saturated carbocycles. The lowest BCUT2D eigenvalue weighted by atomic mass is 10.1. The summed E-state index contributed by atoms with van der Waals surface area (Å²) in [5.41, 5.74) is 6.39. The largest absolute Gasteiger partial charge is 0.476 e. The minimum Gasteiger partial charge on any atom is -0.476 e. The Morgan fingerprint density at radius 2 is 2.29 bits per heavy atom. The van der Waals surface area contributed by atoms with Gasteiger partial charge in [0.05, 0.1) is 12.3 Å². The van der Waals surface area contributed by atoms with Crippen molar-refractivity contribution < 1.29 is 4.74 Å². The van der Waals surface area contributed by atoms with E-state index >= 15 is 0 Å². The number of nitrogens with zero attached hydrogens (tertiary/aromatic N) is 1. The van der Waals surface area contributed by atoms with Crippen molar-refractivity contribution in [2.24, 2.45) is 5.92 Å². The first-order valence-electron chi connectivity index (χ1n) is 6.35. The first-order valence-corrected chi connectivity index (χ1v) is 6.35. The van der Waals surface area contributed by atoms with Crippen molar-refractivity contribution in [2.75, 3.05) is 17.7 Å². The fraction of sp³-hybridized carbons (Fsp3) is 0.615. The van der Waals surface area contributed by atoms with Gasteiger partial charge in [-0.05, 0) is 44.2 Å². The molecule has 1 fully saturated rings. The summed E-state index contributed by atoms with van der Waals surface area (Å²) < 4.78 is 5.39. The summed E-state index contributed by atoms with van der Waals surface area (Å²) in [6, 6.07) is 4.30. The van der Waals surface area contributed by atoms with Crippen LogP contribution in [0.25, 0.3) is 0 Å². The number of nitrogens with one attached hydrogen (secondary N) is 1. The highest BCUT2D eigenvalue weighted by Gasteiger charge is 2.21. The molecule has 0 radical (unpaired) electrons. The van der Waals surface area contributed by atoms with Crippen LogP contribution in [0.4, 0.5) is 11.5 Å². The summed E-state index contributed by atoms with van der Waals surface area (Å²) in [7, 11) is 0. The van der Waals surface area contributed by atoms with E-state index in [-0.39, 0.29) is 0 Å². The quantitative estimate of drug-likeness (QED) is 0.842. The number of aromatic nitrogens is 1. The van der Waals surface area contributed by atoms with Crippen LogP contribution in [-0.2, 0) is 0 Å². The number of hydrogen-bond acceptors (Lipinski definition) is 4. The highest BCUT2D eigenvalue weighted by molar-refractivity contribution is 5.53. The highest BCUT2D eigenvalue weighted by Crippen LogP contribution is 2.28. The Labute approximate surface area is 103 Å². The van der Waals surface area contributed by atoms with Gasteiger partial charge in [0.1, 0.15) is 5.82 Å². The third-order valence-corrected chi connectivity index (χ3v) is 3.22.